The van der Waals surface area contributed by atoms with Crippen LogP contribution < -0.4 is 10.6 Å². The van der Waals surface area contributed by atoms with E-state index in [-0.39, 0.29) is 5.69 Å². The fourth-order valence-corrected chi connectivity index (χ4v) is 2.00. The van der Waals surface area contributed by atoms with Gasteiger partial charge in [0.15, 0.2) is 11.6 Å². The molecule has 128 valence electrons. The first-order valence-electron chi connectivity index (χ1n) is 6.86. The van der Waals surface area contributed by atoms with Crippen molar-refractivity contribution in [1.29, 1.82) is 0 Å². The number of hydrogen-bond donors (Lipinski definition) is 2. The van der Waals surface area contributed by atoms with E-state index >= 15 is 0 Å². The summed E-state index contributed by atoms with van der Waals surface area (Å²) in [4.78, 5) is 11.8. The van der Waals surface area contributed by atoms with Gasteiger partial charge >= 0.3 is 12.2 Å². The molecule has 3 nitrogen and oxygen atoms in total. The first kappa shape index (κ1) is 17.7. The molecule has 0 aromatic heterocycles. The largest absolute Gasteiger partial charge is 0.416 e. The van der Waals surface area contributed by atoms with Crippen LogP contribution in [0, 0.1) is 11.6 Å². The van der Waals surface area contributed by atoms with E-state index in [2.05, 4.69) is 10.6 Å². The van der Waals surface area contributed by atoms with E-state index in [9.17, 15) is 26.7 Å². The molecule has 1 atom stereocenters. The number of halogens is 5. The molecule has 0 saturated carbocycles. The van der Waals surface area contributed by atoms with Gasteiger partial charge in [0, 0.05) is 5.69 Å². The van der Waals surface area contributed by atoms with Gasteiger partial charge in [-0.2, -0.15) is 13.2 Å². The third kappa shape index (κ3) is 4.43. The fraction of sp³-hybridized carbons (Fsp3) is 0.188. The lowest BCUT2D eigenvalue weighted by Gasteiger charge is -2.16. The minimum absolute atomic E-state index is 0.0418. The predicted octanol–water partition coefficient (Wildman–Crippen LogP) is 4.87. The van der Waals surface area contributed by atoms with Crippen LogP contribution in [0.5, 0.6) is 0 Å². The molecule has 0 spiro atoms. The van der Waals surface area contributed by atoms with E-state index in [0.29, 0.717) is 5.56 Å². The van der Waals surface area contributed by atoms with E-state index in [0.717, 1.165) is 30.3 Å². The second-order valence-corrected chi connectivity index (χ2v) is 5.07. The Labute approximate surface area is 134 Å². The number of urea groups is 1. The van der Waals surface area contributed by atoms with Crippen LogP contribution in [0.2, 0.25) is 0 Å². The van der Waals surface area contributed by atoms with Crippen LogP contribution in [0.4, 0.5) is 32.4 Å². The second-order valence-electron chi connectivity index (χ2n) is 5.07. The van der Waals surface area contributed by atoms with E-state index < -0.39 is 35.4 Å². The molecule has 2 N–H and O–H groups in total. The molecule has 1 unspecified atom stereocenters. The van der Waals surface area contributed by atoms with Gasteiger partial charge in [-0.05, 0) is 42.8 Å². The summed E-state index contributed by atoms with van der Waals surface area (Å²) < 4.78 is 63.9. The molecule has 0 fully saturated rings. The Morgan fingerprint density at radius 3 is 2.38 bits per heavy atom. The van der Waals surface area contributed by atoms with Gasteiger partial charge in [-0.1, -0.05) is 12.1 Å². The normalized spacial score (nSPS) is 12.6. The van der Waals surface area contributed by atoms with Crippen LogP contribution >= 0.6 is 0 Å². The number of nitrogens with one attached hydrogen (secondary N) is 2. The summed E-state index contributed by atoms with van der Waals surface area (Å²) in [6.07, 6.45) is -4.52. The number of alkyl halides is 3. The topological polar surface area (TPSA) is 41.1 Å². The SMILES string of the molecule is CC(NC(=O)Nc1cccc(C(F)(F)F)c1)c1ccc(F)c(F)c1. The lowest BCUT2D eigenvalue weighted by molar-refractivity contribution is -0.137. The maximum absolute atomic E-state index is 13.2. The molecule has 0 saturated heterocycles. The lowest BCUT2D eigenvalue weighted by atomic mass is 10.1. The maximum Gasteiger partial charge on any atom is 0.416 e. The van der Waals surface area contributed by atoms with E-state index in [1.54, 1.807) is 0 Å². The number of carbonyl (C=O) groups excluding carboxylic acids is 1. The first-order valence-corrected chi connectivity index (χ1v) is 6.86. The molecule has 0 bridgehead atoms. The zero-order valence-corrected chi connectivity index (χ0v) is 12.4. The average molecular weight is 344 g/mol. The Morgan fingerprint density at radius 1 is 1.04 bits per heavy atom. The van der Waals surface area contributed by atoms with Crippen molar-refractivity contribution >= 4 is 11.7 Å². The van der Waals surface area contributed by atoms with E-state index in [1.807, 2.05) is 0 Å². The van der Waals surface area contributed by atoms with Gasteiger partial charge < -0.3 is 10.6 Å². The Bertz CT molecular complexity index is 745. The monoisotopic (exact) mass is 344 g/mol. The van der Waals surface area contributed by atoms with Crippen LogP contribution in [0.25, 0.3) is 0 Å². The summed E-state index contributed by atoms with van der Waals surface area (Å²) in [6.45, 7) is 1.53. The molecule has 2 aromatic rings. The molecule has 0 radical (unpaired) electrons. The maximum atomic E-state index is 13.2. The standard InChI is InChI=1S/C16H13F5N2O/c1-9(10-5-6-13(17)14(18)7-10)22-15(24)23-12-4-2-3-11(8-12)16(19,20)21/h2-9H,1H3,(H2,22,23,24). The molecule has 2 aromatic carbocycles. The number of benzene rings is 2. The quantitative estimate of drug-likeness (QED) is 0.767. The number of rotatable bonds is 3. The molecule has 24 heavy (non-hydrogen) atoms. The molecule has 8 heteroatoms. The van der Waals surface area contributed by atoms with Gasteiger partial charge in [-0.25, -0.2) is 13.6 Å². The van der Waals surface area contributed by atoms with Crippen molar-refractivity contribution in [3.05, 3.63) is 65.2 Å². The van der Waals surface area contributed by atoms with Crippen molar-refractivity contribution in [2.45, 2.75) is 19.1 Å². The highest BCUT2D eigenvalue weighted by molar-refractivity contribution is 5.89. The number of hydrogen-bond acceptors (Lipinski definition) is 1. The first-order chi connectivity index (χ1) is 11.2. The molecule has 2 rings (SSSR count). The van der Waals surface area contributed by atoms with Crippen molar-refractivity contribution in [1.82, 2.24) is 5.32 Å². The van der Waals surface area contributed by atoms with Crippen molar-refractivity contribution in [3.8, 4) is 0 Å². The summed E-state index contributed by atoms with van der Waals surface area (Å²) >= 11 is 0. The highest BCUT2D eigenvalue weighted by atomic mass is 19.4. The van der Waals surface area contributed by atoms with Crippen molar-refractivity contribution < 1.29 is 26.7 Å². The van der Waals surface area contributed by atoms with Crippen LogP contribution in [-0.4, -0.2) is 6.03 Å². The zero-order valence-electron chi connectivity index (χ0n) is 12.4. The highest BCUT2D eigenvalue weighted by Gasteiger charge is 2.30. The van der Waals surface area contributed by atoms with Crippen LogP contribution in [-0.2, 0) is 6.18 Å². The number of anilines is 1. The van der Waals surface area contributed by atoms with Crippen LogP contribution in [0.3, 0.4) is 0 Å². The van der Waals surface area contributed by atoms with Gasteiger partial charge in [0.2, 0.25) is 0 Å². The summed E-state index contributed by atoms with van der Waals surface area (Å²) in [6, 6.07) is 5.85. The van der Waals surface area contributed by atoms with Crippen LogP contribution in [0.1, 0.15) is 24.1 Å². The number of carbonyl (C=O) groups is 1. The third-order valence-corrected chi connectivity index (χ3v) is 3.24. The summed E-state index contributed by atoms with van der Waals surface area (Å²) in [5, 5.41) is 4.69. The lowest BCUT2D eigenvalue weighted by Crippen LogP contribution is -2.31. The molecule has 0 aliphatic heterocycles. The molecule has 2 amide bonds. The van der Waals surface area contributed by atoms with Gasteiger partial charge in [0.05, 0.1) is 11.6 Å². The predicted molar refractivity (Wildman–Crippen MR) is 78.4 cm³/mol. The van der Waals surface area contributed by atoms with Crippen LogP contribution in [0.15, 0.2) is 42.5 Å². The summed E-state index contributed by atoms with van der Waals surface area (Å²) in [5.74, 6) is -2.07. The fourth-order valence-electron chi connectivity index (χ4n) is 2.00. The van der Waals surface area contributed by atoms with Gasteiger partial charge in [0.25, 0.3) is 0 Å². The van der Waals surface area contributed by atoms with E-state index in [1.165, 1.54) is 19.1 Å². The summed E-state index contributed by atoms with van der Waals surface area (Å²) in [5.41, 5.74) is -0.623. The Hall–Kier alpha value is -2.64. The molecular weight excluding hydrogens is 331 g/mol. The van der Waals surface area contributed by atoms with Crippen molar-refractivity contribution in [2.75, 3.05) is 5.32 Å². The molecule has 0 aliphatic carbocycles. The van der Waals surface area contributed by atoms with E-state index in [4.69, 9.17) is 0 Å². The average Bonchev–Trinajstić information content (AvgIpc) is 2.49. The Balaban J connectivity index is 2.04. The zero-order chi connectivity index (χ0) is 17.9. The van der Waals surface area contributed by atoms with Gasteiger partial charge in [0.1, 0.15) is 0 Å². The third-order valence-electron chi connectivity index (χ3n) is 3.24. The minimum Gasteiger partial charge on any atom is -0.331 e. The Kier molecular flexibility index (Phi) is 5.06. The second kappa shape index (κ2) is 6.86. The van der Waals surface area contributed by atoms with Gasteiger partial charge in [-0.15, -0.1) is 0 Å². The molecule has 0 heterocycles. The van der Waals surface area contributed by atoms with Crippen molar-refractivity contribution in [2.24, 2.45) is 0 Å². The van der Waals surface area contributed by atoms with Gasteiger partial charge in [-0.3, -0.25) is 0 Å². The Morgan fingerprint density at radius 2 is 1.75 bits per heavy atom. The molecule has 0 aliphatic rings. The highest BCUT2D eigenvalue weighted by Crippen LogP contribution is 2.30. The molecular formula is C16H13F5N2O. The van der Waals surface area contributed by atoms with Crippen molar-refractivity contribution in [3.63, 3.8) is 0 Å². The summed E-state index contributed by atoms with van der Waals surface area (Å²) in [7, 11) is 0. The smallest absolute Gasteiger partial charge is 0.331 e. The number of amides is 2. The minimum atomic E-state index is -4.52.